The Bertz CT molecular complexity index is 1130. The first-order valence-corrected chi connectivity index (χ1v) is 7.98. The molecule has 0 saturated heterocycles. The average molecular weight is 317 g/mol. The summed E-state index contributed by atoms with van der Waals surface area (Å²) in [6, 6.07) is 16.3. The number of aromatic nitrogens is 2. The smallest absolute Gasteiger partial charge is 0.263 e. The summed E-state index contributed by atoms with van der Waals surface area (Å²) in [6.45, 7) is 0.00871. The summed E-state index contributed by atoms with van der Waals surface area (Å²) in [5.41, 5.74) is 1.70. The van der Waals surface area contributed by atoms with Crippen LogP contribution in [0.3, 0.4) is 0 Å². The van der Waals surface area contributed by atoms with Crippen LogP contribution in [0.1, 0.15) is 0 Å². The van der Waals surface area contributed by atoms with Gasteiger partial charge in [-0.05, 0) is 22.4 Å². The Morgan fingerprint density at radius 2 is 2.00 bits per heavy atom. The lowest BCUT2D eigenvalue weighted by molar-refractivity contribution is 0.777. The van der Waals surface area contributed by atoms with Crippen molar-refractivity contribution in [3.05, 3.63) is 64.5 Å². The lowest BCUT2D eigenvalue weighted by Gasteiger charge is -2.04. The van der Waals surface area contributed by atoms with E-state index in [-0.39, 0.29) is 12.1 Å². The van der Waals surface area contributed by atoms with Gasteiger partial charge in [0.1, 0.15) is 17.7 Å². The maximum atomic E-state index is 12.6. The second-order valence-electron chi connectivity index (χ2n) is 5.23. The number of hydrogen-bond acceptors (Lipinski definition) is 4. The first-order chi connectivity index (χ1) is 11.3. The number of thiophene rings is 1. The Hall–Kier alpha value is -2.97. The van der Waals surface area contributed by atoms with Gasteiger partial charge in [0.15, 0.2) is 0 Å². The van der Waals surface area contributed by atoms with Crippen LogP contribution in [0.25, 0.3) is 32.1 Å². The summed E-state index contributed by atoms with van der Waals surface area (Å²) in [5, 5.41) is 13.7. The summed E-state index contributed by atoms with van der Waals surface area (Å²) in [7, 11) is 0. The van der Waals surface area contributed by atoms with Crippen LogP contribution in [0.15, 0.2) is 59.0 Å². The number of hydrogen-bond donors (Lipinski definition) is 0. The molecule has 4 nitrogen and oxygen atoms in total. The van der Waals surface area contributed by atoms with E-state index in [0.717, 1.165) is 21.9 Å². The lowest BCUT2D eigenvalue weighted by atomic mass is 10.0. The van der Waals surface area contributed by atoms with Crippen molar-refractivity contribution in [2.45, 2.75) is 6.54 Å². The van der Waals surface area contributed by atoms with Gasteiger partial charge in [-0.1, -0.05) is 36.4 Å². The molecule has 0 N–H and O–H groups in total. The number of benzene rings is 2. The zero-order valence-corrected chi connectivity index (χ0v) is 12.9. The van der Waals surface area contributed by atoms with Gasteiger partial charge in [0.2, 0.25) is 0 Å². The molecule has 0 aliphatic rings. The van der Waals surface area contributed by atoms with E-state index in [1.807, 2.05) is 29.6 Å². The van der Waals surface area contributed by atoms with E-state index >= 15 is 0 Å². The van der Waals surface area contributed by atoms with Crippen LogP contribution in [-0.2, 0) is 6.54 Å². The predicted octanol–water partition coefficient (Wildman–Crippen LogP) is 3.80. The number of rotatable bonds is 2. The predicted molar refractivity (Wildman–Crippen MR) is 92.4 cm³/mol. The number of nitrogens with zero attached hydrogens (tertiary/aromatic N) is 3. The molecule has 0 unspecified atom stereocenters. The summed E-state index contributed by atoms with van der Waals surface area (Å²) < 4.78 is 1.35. The summed E-state index contributed by atoms with van der Waals surface area (Å²) in [6.07, 6.45) is 1.44. The molecule has 0 fully saturated rings. The third-order valence-corrected chi connectivity index (χ3v) is 4.75. The van der Waals surface area contributed by atoms with E-state index in [4.69, 9.17) is 5.26 Å². The van der Waals surface area contributed by atoms with Crippen LogP contribution in [0, 0.1) is 11.3 Å². The van der Waals surface area contributed by atoms with Crippen LogP contribution in [0.4, 0.5) is 0 Å². The van der Waals surface area contributed by atoms with Crippen molar-refractivity contribution in [3.63, 3.8) is 0 Å². The third-order valence-electron chi connectivity index (χ3n) is 3.86. The molecule has 0 aliphatic heterocycles. The molecule has 5 heteroatoms. The fourth-order valence-corrected chi connectivity index (χ4v) is 3.63. The van der Waals surface area contributed by atoms with E-state index < -0.39 is 0 Å². The minimum atomic E-state index is -0.166. The first-order valence-electron chi connectivity index (χ1n) is 7.11. The monoisotopic (exact) mass is 317 g/mol. The average Bonchev–Trinajstić information content (AvgIpc) is 3.02. The molecule has 4 aromatic rings. The van der Waals surface area contributed by atoms with Crippen LogP contribution < -0.4 is 5.56 Å². The maximum absolute atomic E-state index is 12.6. The summed E-state index contributed by atoms with van der Waals surface area (Å²) in [5.74, 6) is 0. The number of nitriles is 1. The largest absolute Gasteiger partial charge is 0.285 e. The highest BCUT2D eigenvalue weighted by Gasteiger charge is 2.13. The molecule has 0 amide bonds. The lowest BCUT2D eigenvalue weighted by Crippen LogP contribution is -2.19. The van der Waals surface area contributed by atoms with Gasteiger partial charge in [-0.2, -0.15) is 5.26 Å². The quantitative estimate of drug-likeness (QED) is 0.565. The normalized spacial score (nSPS) is 10.9. The van der Waals surface area contributed by atoms with Crippen LogP contribution in [0.5, 0.6) is 0 Å². The van der Waals surface area contributed by atoms with Gasteiger partial charge in [-0.3, -0.25) is 9.36 Å². The molecule has 0 bridgehead atoms. The molecule has 0 atom stereocenters. The zero-order valence-electron chi connectivity index (χ0n) is 12.1. The van der Waals surface area contributed by atoms with Crippen molar-refractivity contribution in [3.8, 4) is 17.2 Å². The Morgan fingerprint density at radius 3 is 2.83 bits per heavy atom. The molecule has 0 aliphatic carbocycles. The second kappa shape index (κ2) is 5.34. The topological polar surface area (TPSA) is 58.7 Å². The van der Waals surface area contributed by atoms with Crippen molar-refractivity contribution in [2.75, 3.05) is 0 Å². The molecule has 23 heavy (non-hydrogen) atoms. The Morgan fingerprint density at radius 1 is 1.17 bits per heavy atom. The van der Waals surface area contributed by atoms with Gasteiger partial charge in [0, 0.05) is 10.9 Å². The van der Waals surface area contributed by atoms with Crippen molar-refractivity contribution in [1.29, 1.82) is 5.26 Å². The van der Waals surface area contributed by atoms with Crippen LogP contribution in [0.2, 0.25) is 0 Å². The van der Waals surface area contributed by atoms with Crippen molar-refractivity contribution < 1.29 is 0 Å². The molecule has 0 radical (unpaired) electrons. The van der Waals surface area contributed by atoms with E-state index in [9.17, 15) is 4.79 Å². The van der Waals surface area contributed by atoms with E-state index in [1.165, 1.54) is 22.2 Å². The summed E-state index contributed by atoms with van der Waals surface area (Å²) >= 11 is 1.45. The Balaban J connectivity index is 1.99. The van der Waals surface area contributed by atoms with Gasteiger partial charge in [0.05, 0.1) is 11.5 Å². The van der Waals surface area contributed by atoms with Gasteiger partial charge >= 0.3 is 0 Å². The fourth-order valence-electron chi connectivity index (χ4n) is 2.73. The first kappa shape index (κ1) is 13.7. The standard InChI is InChI=1S/C18H11N3OS/c19-7-8-21-11-20-17-16(18(21)22)15(10-23-17)14-6-5-12-3-1-2-4-13(12)9-14/h1-6,9-11H,8H2. The van der Waals surface area contributed by atoms with Gasteiger partial charge < -0.3 is 0 Å². The molecule has 2 heterocycles. The second-order valence-corrected chi connectivity index (χ2v) is 6.09. The summed E-state index contributed by atoms with van der Waals surface area (Å²) in [4.78, 5) is 17.6. The van der Waals surface area contributed by atoms with Crippen LogP contribution >= 0.6 is 11.3 Å². The molecule has 2 aromatic heterocycles. The highest BCUT2D eigenvalue weighted by Crippen LogP contribution is 2.32. The van der Waals surface area contributed by atoms with Gasteiger partial charge in [0.25, 0.3) is 5.56 Å². The zero-order chi connectivity index (χ0) is 15.8. The molecule has 110 valence electrons. The fraction of sp³-hybridized carbons (Fsp3) is 0.0556. The molecular weight excluding hydrogens is 306 g/mol. The maximum Gasteiger partial charge on any atom is 0.263 e. The highest BCUT2D eigenvalue weighted by atomic mass is 32.1. The SMILES string of the molecule is N#CCn1cnc2scc(-c3ccc4ccccc4c3)c2c1=O. The van der Waals surface area contributed by atoms with E-state index in [0.29, 0.717) is 10.2 Å². The number of fused-ring (bicyclic) bond motifs is 2. The minimum absolute atomic E-state index is 0.00871. The van der Waals surface area contributed by atoms with Gasteiger partial charge in [-0.15, -0.1) is 11.3 Å². The Labute approximate surface area is 135 Å². The van der Waals surface area contributed by atoms with Crippen molar-refractivity contribution in [1.82, 2.24) is 9.55 Å². The molecule has 0 spiro atoms. The minimum Gasteiger partial charge on any atom is -0.285 e. The molecule has 0 saturated carbocycles. The molecule has 2 aromatic carbocycles. The van der Waals surface area contributed by atoms with E-state index in [1.54, 1.807) is 0 Å². The van der Waals surface area contributed by atoms with E-state index in [2.05, 4.69) is 29.2 Å². The van der Waals surface area contributed by atoms with Gasteiger partial charge in [-0.25, -0.2) is 4.98 Å². The molecular formula is C18H11N3OS. The van der Waals surface area contributed by atoms with Crippen molar-refractivity contribution in [2.24, 2.45) is 0 Å². The van der Waals surface area contributed by atoms with Crippen LogP contribution in [-0.4, -0.2) is 9.55 Å². The highest BCUT2D eigenvalue weighted by molar-refractivity contribution is 7.17. The Kier molecular flexibility index (Phi) is 3.18. The molecule has 4 rings (SSSR count). The van der Waals surface area contributed by atoms with Crippen molar-refractivity contribution >= 4 is 32.3 Å². The third kappa shape index (κ3) is 2.20.